The second-order valence-corrected chi connectivity index (χ2v) is 10.7. The fraction of sp³-hybridized carbons (Fsp3) is 0.552. The minimum absolute atomic E-state index is 0.241. The molecule has 1 heterocycles. The maximum Gasteiger partial charge on any atom is 0.226 e. The van der Waals surface area contributed by atoms with Crippen LogP contribution in [0.15, 0.2) is 42.5 Å². The van der Waals surface area contributed by atoms with E-state index in [4.69, 9.17) is 11.5 Å². The van der Waals surface area contributed by atoms with Gasteiger partial charge in [0.25, 0.3) is 0 Å². The summed E-state index contributed by atoms with van der Waals surface area (Å²) in [4.78, 5) is 17.8. The van der Waals surface area contributed by atoms with E-state index in [-0.39, 0.29) is 5.92 Å². The van der Waals surface area contributed by atoms with Gasteiger partial charge in [-0.2, -0.15) is 0 Å². The van der Waals surface area contributed by atoms with Gasteiger partial charge in [0.2, 0.25) is 5.91 Å². The summed E-state index contributed by atoms with van der Waals surface area (Å²) in [7, 11) is 0. The van der Waals surface area contributed by atoms with E-state index in [0.717, 1.165) is 68.4 Å². The number of nitrogens with two attached hydrogens (primary N) is 2. The van der Waals surface area contributed by atoms with Crippen LogP contribution in [0.4, 0.5) is 11.4 Å². The lowest BCUT2D eigenvalue weighted by Gasteiger charge is -2.36. The number of nitrogen functional groups attached to an aromatic ring is 1. The normalized spacial score (nSPS) is 23.4. The van der Waals surface area contributed by atoms with Crippen LogP contribution in [0, 0.1) is 5.92 Å². The van der Waals surface area contributed by atoms with E-state index in [9.17, 15) is 4.79 Å². The Morgan fingerprint density at radius 1 is 0.882 bits per heavy atom. The standard InChI is InChI=1S/C29H40N4O/c30-25-11-13-26(14-12-25)33(29(34)22-8-9-22)20-21-6-5-7-23(18-21)24-10-15-28(27(31)19-24)32-16-3-1-2-4-17-32/h5-7,10,15,18-19,22,25-26H,1-4,8-9,11-14,16-17,20,30-31H2. The van der Waals surface area contributed by atoms with Crippen molar-refractivity contribution < 1.29 is 4.79 Å². The molecule has 0 radical (unpaired) electrons. The zero-order valence-electron chi connectivity index (χ0n) is 20.4. The van der Waals surface area contributed by atoms with Crippen LogP contribution in [0.3, 0.4) is 0 Å². The van der Waals surface area contributed by atoms with Crippen molar-refractivity contribution >= 4 is 17.3 Å². The van der Waals surface area contributed by atoms with E-state index in [1.165, 1.54) is 36.9 Å². The maximum absolute atomic E-state index is 13.2. The van der Waals surface area contributed by atoms with E-state index in [1.54, 1.807) is 0 Å². The number of amides is 1. The lowest BCUT2D eigenvalue weighted by Crippen LogP contribution is -2.44. The zero-order valence-corrected chi connectivity index (χ0v) is 20.4. The van der Waals surface area contributed by atoms with E-state index in [0.29, 0.717) is 24.5 Å². The first-order valence-electron chi connectivity index (χ1n) is 13.4. The van der Waals surface area contributed by atoms with Gasteiger partial charge in [0.15, 0.2) is 0 Å². The second-order valence-electron chi connectivity index (χ2n) is 10.7. The number of hydrogen-bond donors (Lipinski definition) is 2. The molecule has 5 nitrogen and oxygen atoms in total. The fourth-order valence-electron chi connectivity index (χ4n) is 5.74. The Kier molecular flexibility index (Phi) is 7.10. The average molecular weight is 461 g/mol. The highest BCUT2D eigenvalue weighted by atomic mass is 16.2. The predicted molar refractivity (Wildman–Crippen MR) is 140 cm³/mol. The van der Waals surface area contributed by atoms with Crippen LogP contribution in [0.1, 0.15) is 69.8 Å². The molecule has 1 saturated heterocycles. The molecule has 0 unspecified atom stereocenters. The van der Waals surface area contributed by atoms with Crippen LogP contribution >= 0.6 is 0 Å². The van der Waals surface area contributed by atoms with E-state index in [1.807, 2.05) is 0 Å². The van der Waals surface area contributed by atoms with Crippen LogP contribution in [0.2, 0.25) is 0 Å². The summed E-state index contributed by atoms with van der Waals surface area (Å²) >= 11 is 0. The Bertz CT molecular complexity index is 985. The van der Waals surface area contributed by atoms with E-state index >= 15 is 0 Å². The van der Waals surface area contributed by atoms with Gasteiger partial charge in [0.05, 0.1) is 11.4 Å². The van der Waals surface area contributed by atoms with Crippen LogP contribution in [0.5, 0.6) is 0 Å². The highest BCUT2D eigenvalue weighted by Gasteiger charge is 2.37. The van der Waals surface area contributed by atoms with Gasteiger partial charge < -0.3 is 21.3 Å². The SMILES string of the molecule is Nc1cc(-c2cccc(CN(C(=O)C3CC3)C3CCC(N)CC3)c2)ccc1N1CCCCCC1. The van der Waals surface area contributed by atoms with Gasteiger partial charge >= 0.3 is 0 Å². The molecule has 0 spiro atoms. The Labute approximate surface area is 204 Å². The molecule has 4 N–H and O–H groups in total. The van der Waals surface area contributed by atoms with Gasteiger partial charge in [0, 0.05) is 37.6 Å². The molecule has 5 rings (SSSR count). The van der Waals surface area contributed by atoms with E-state index in [2.05, 4.69) is 52.3 Å². The maximum atomic E-state index is 13.2. The minimum atomic E-state index is 0.241. The molecule has 2 saturated carbocycles. The first kappa shape index (κ1) is 23.2. The number of carbonyl (C=O) groups excluding carboxylic acids is 1. The molecular weight excluding hydrogens is 420 g/mol. The number of carbonyl (C=O) groups is 1. The van der Waals surface area contributed by atoms with Gasteiger partial charge in [-0.05, 0) is 86.3 Å². The van der Waals surface area contributed by atoms with Gasteiger partial charge in [0.1, 0.15) is 0 Å². The van der Waals surface area contributed by atoms with Crippen molar-refractivity contribution in [1.82, 2.24) is 4.90 Å². The summed E-state index contributed by atoms with van der Waals surface area (Å²) in [5, 5.41) is 0. The van der Waals surface area contributed by atoms with Crippen LogP contribution in [-0.2, 0) is 11.3 Å². The molecular formula is C29H40N4O. The number of benzene rings is 2. The Hall–Kier alpha value is -2.53. The molecule has 3 fully saturated rings. The molecule has 0 aromatic heterocycles. The monoisotopic (exact) mass is 460 g/mol. The molecule has 2 aliphatic carbocycles. The third kappa shape index (κ3) is 5.41. The lowest BCUT2D eigenvalue weighted by molar-refractivity contribution is -0.136. The van der Waals surface area contributed by atoms with Crippen molar-refractivity contribution in [2.75, 3.05) is 23.7 Å². The van der Waals surface area contributed by atoms with Crippen molar-refractivity contribution in [1.29, 1.82) is 0 Å². The van der Waals surface area contributed by atoms with Gasteiger partial charge in [-0.25, -0.2) is 0 Å². The number of anilines is 2. The summed E-state index contributed by atoms with van der Waals surface area (Å²) in [5.74, 6) is 0.585. The molecule has 1 aliphatic heterocycles. The molecule has 1 amide bonds. The second kappa shape index (κ2) is 10.4. The number of rotatable bonds is 6. The van der Waals surface area contributed by atoms with Crippen molar-refractivity contribution in [2.24, 2.45) is 11.7 Å². The number of nitrogens with zero attached hydrogens (tertiary/aromatic N) is 2. The molecule has 182 valence electrons. The molecule has 34 heavy (non-hydrogen) atoms. The molecule has 2 aromatic rings. The third-order valence-electron chi connectivity index (χ3n) is 7.98. The third-order valence-corrected chi connectivity index (χ3v) is 7.98. The van der Waals surface area contributed by atoms with E-state index < -0.39 is 0 Å². The first-order chi connectivity index (χ1) is 16.6. The van der Waals surface area contributed by atoms with Gasteiger partial charge in [-0.3, -0.25) is 4.79 Å². The van der Waals surface area contributed by atoms with Gasteiger partial charge in [-0.15, -0.1) is 0 Å². The molecule has 3 aliphatic rings. The molecule has 0 bridgehead atoms. The average Bonchev–Trinajstić information content (AvgIpc) is 3.71. The topological polar surface area (TPSA) is 75.6 Å². The molecule has 0 atom stereocenters. The van der Waals surface area contributed by atoms with Crippen LogP contribution in [0.25, 0.3) is 11.1 Å². The summed E-state index contributed by atoms with van der Waals surface area (Å²) in [6, 6.07) is 15.8. The highest BCUT2D eigenvalue weighted by molar-refractivity contribution is 5.81. The lowest BCUT2D eigenvalue weighted by atomic mass is 9.90. The Balaban J connectivity index is 1.34. The summed E-state index contributed by atoms with van der Waals surface area (Å²) in [6.07, 6.45) is 11.3. The summed E-state index contributed by atoms with van der Waals surface area (Å²) in [6.45, 7) is 2.87. The Morgan fingerprint density at radius 2 is 1.59 bits per heavy atom. The minimum Gasteiger partial charge on any atom is -0.397 e. The molecule has 2 aromatic carbocycles. The predicted octanol–water partition coefficient (Wildman–Crippen LogP) is 5.32. The zero-order chi connectivity index (χ0) is 23.5. The van der Waals surface area contributed by atoms with Crippen molar-refractivity contribution in [2.45, 2.75) is 82.8 Å². The summed E-state index contributed by atoms with van der Waals surface area (Å²) < 4.78 is 0. The van der Waals surface area contributed by atoms with Crippen molar-refractivity contribution in [3.05, 3.63) is 48.0 Å². The van der Waals surface area contributed by atoms with Crippen molar-refractivity contribution in [3.63, 3.8) is 0 Å². The summed E-state index contributed by atoms with van der Waals surface area (Å²) in [5.41, 5.74) is 18.2. The van der Waals surface area contributed by atoms with Crippen LogP contribution < -0.4 is 16.4 Å². The Morgan fingerprint density at radius 3 is 2.26 bits per heavy atom. The smallest absolute Gasteiger partial charge is 0.226 e. The molecule has 5 heteroatoms. The fourth-order valence-corrected chi connectivity index (χ4v) is 5.74. The first-order valence-corrected chi connectivity index (χ1v) is 13.4. The quantitative estimate of drug-likeness (QED) is 0.572. The van der Waals surface area contributed by atoms with Crippen LogP contribution in [-0.4, -0.2) is 36.0 Å². The highest BCUT2D eigenvalue weighted by Crippen LogP contribution is 2.35. The number of hydrogen-bond acceptors (Lipinski definition) is 4. The van der Waals surface area contributed by atoms with Gasteiger partial charge in [-0.1, -0.05) is 37.1 Å². The van der Waals surface area contributed by atoms with Crippen molar-refractivity contribution in [3.8, 4) is 11.1 Å². The largest absolute Gasteiger partial charge is 0.397 e.